The van der Waals surface area contributed by atoms with E-state index in [-0.39, 0.29) is 18.2 Å². The van der Waals surface area contributed by atoms with Crippen LogP contribution in [0.25, 0.3) is 0 Å². The molecule has 1 aliphatic rings. The summed E-state index contributed by atoms with van der Waals surface area (Å²) >= 11 is 0. The largest absolute Gasteiger partial charge is 0.573 e. The Morgan fingerprint density at radius 2 is 1.77 bits per heavy atom. The quantitative estimate of drug-likeness (QED) is 0.874. The number of nitrogens with one attached hydrogen (secondary N) is 1. The Labute approximate surface area is 149 Å². The first-order chi connectivity index (χ1) is 11.9. The lowest BCUT2D eigenvalue weighted by Crippen LogP contribution is -2.36. The fourth-order valence-electron chi connectivity index (χ4n) is 2.45. The third-order valence-corrected chi connectivity index (χ3v) is 3.57. The molecule has 1 heterocycles. The highest BCUT2D eigenvalue weighted by Crippen LogP contribution is 2.25. The number of ether oxygens (including phenoxy) is 2. The molecule has 1 aromatic rings. The molecule has 1 fully saturated rings. The molecule has 6 nitrogen and oxygen atoms in total. The first-order valence-electron chi connectivity index (χ1n) is 8.07. The number of anilines is 1. The van der Waals surface area contributed by atoms with Crippen LogP contribution < -0.4 is 10.1 Å². The van der Waals surface area contributed by atoms with E-state index in [0.29, 0.717) is 18.7 Å². The Hall–Kier alpha value is -2.45. The van der Waals surface area contributed by atoms with Gasteiger partial charge in [-0.15, -0.1) is 13.2 Å². The summed E-state index contributed by atoms with van der Waals surface area (Å²) in [5.74, 6) is -1.08. The smallest absolute Gasteiger partial charge is 0.444 e. The molecule has 144 valence electrons. The zero-order valence-electron chi connectivity index (χ0n) is 14.7. The van der Waals surface area contributed by atoms with E-state index in [4.69, 9.17) is 4.74 Å². The lowest BCUT2D eigenvalue weighted by molar-refractivity contribution is -0.274. The molecule has 1 aromatic carbocycles. The van der Waals surface area contributed by atoms with Gasteiger partial charge in [0, 0.05) is 18.8 Å². The highest BCUT2D eigenvalue weighted by Gasteiger charge is 2.34. The van der Waals surface area contributed by atoms with Gasteiger partial charge in [0.15, 0.2) is 0 Å². The van der Waals surface area contributed by atoms with E-state index in [1.54, 1.807) is 20.8 Å². The number of benzene rings is 1. The molecule has 2 rings (SSSR count). The zero-order chi connectivity index (χ0) is 19.5. The summed E-state index contributed by atoms with van der Waals surface area (Å²) in [7, 11) is 0. The van der Waals surface area contributed by atoms with E-state index in [0.717, 1.165) is 12.1 Å². The van der Waals surface area contributed by atoms with Crippen molar-refractivity contribution in [3.63, 3.8) is 0 Å². The maximum absolute atomic E-state index is 12.3. The Morgan fingerprint density at radius 1 is 1.15 bits per heavy atom. The number of rotatable bonds is 3. The summed E-state index contributed by atoms with van der Waals surface area (Å²) in [6.45, 7) is 5.92. The molecule has 0 bridgehead atoms. The van der Waals surface area contributed by atoms with Gasteiger partial charge in [-0.3, -0.25) is 4.79 Å². The molecule has 0 spiro atoms. The van der Waals surface area contributed by atoms with Gasteiger partial charge in [0.05, 0.1) is 5.92 Å². The molecule has 0 aromatic heterocycles. The predicted molar refractivity (Wildman–Crippen MR) is 87.7 cm³/mol. The molecule has 26 heavy (non-hydrogen) atoms. The third kappa shape index (κ3) is 6.12. The maximum atomic E-state index is 12.3. The van der Waals surface area contributed by atoms with Crippen molar-refractivity contribution < 1.29 is 32.2 Å². The topological polar surface area (TPSA) is 67.9 Å². The Kier molecular flexibility index (Phi) is 5.68. The number of likely N-dealkylation sites (tertiary alicyclic amines) is 1. The second-order valence-electron chi connectivity index (χ2n) is 6.97. The molecular formula is C17H21F3N2O4. The number of hydrogen-bond acceptors (Lipinski definition) is 4. The summed E-state index contributed by atoms with van der Waals surface area (Å²) in [5, 5.41) is 2.63. The number of hydrogen-bond donors (Lipinski definition) is 1. The van der Waals surface area contributed by atoms with Crippen LogP contribution in [0.4, 0.5) is 23.7 Å². The lowest BCUT2D eigenvalue weighted by Gasteiger charge is -2.24. The molecule has 1 atom stereocenters. The minimum absolute atomic E-state index is 0.232. The van der Waals surface area contributed by atoms with Crippen LogP contribution in [0.5, 0.6) is 5.75 Å². The van der Waals surface area contributed by atoms with Gasteiger partial charge < -0.3 is 19.7 Å². The van der Waals surface area contributed by atoms with Crippen LogP contribution in [-0.2, 0) is 9.53 Å². The van der Waals surface area contributed by atoms with E-state index in [1.165, 1.54) is 17.0 Å². The highest BCUT2D eigenvalue weighted by molar-refractivity contribution is 5.93. The van der Waals surface area contributed by atoms with Crippen LogP contribution >= 0.6 is 0 Å². The first-order valence-corrected chi connectivity index (χ1v) is 8.07. The Bertz CT molecular complexity index is 653. The van der Waals surface area contributed by atoms with Crippen LogP contribution in [0.2, 0.25) is 0 Å². The molecular weight excluding hydrogens is 353 g/mol. The van der Waals surface area contributed by atoms with E-state index < -0.39 is 24.0 Å². The summed E-state index contributed by atoms with van der Waals surface area (Å²) in [4.78, 5) is 25.8. The van der Waals surface area contributed by atoms with Crippen molar-refractivity contribution in [1.29, 1.82) is 0 Å². The normalized spacial score (nSPS) is 17.8. The van der Waals surface area contributed by atoms with Gasteiger partial charge >= 0.3 is 12.5 Å². The monoisotopic (exact) mass is 374 g/mol. The summed E-state index contributed by atoms with van der Waals surface area (Å²) in [6, 6.07) is 4.87. The van der Waals surface area contributed by atoms with E-state index in [9.17, 15) is 22.8 Å². The van der Waals surface area contributed by atoms with Crippen molar-refractivity contribution in [2.24, 2.45) is 5.92 Å². The molecule has 1 unspecified atom stereocenters. The Balaban J connectivity index is 1.88. The van der Waals surface area contributed by atoms with Crippen molar-refractivity contribution in [1.82, 2.24) is 4.90 Å². The zero-order valence-corrected chi connectivity index (χ0v) is 14.7. The number of halogens is 3. The van der Waals surface area contributed by atoms with Gasteiger partial charge in [-0.25, -0.2) is 4.79 Å². The molecule has 0 aliphatic carbocycles. The number of nitrogens with zero attached hydrogens (tertiary/aromatic N) is 1. The number of carbonyl (C=O) groups excluding carboxylic acids is 2. The number of alkyl halides is 3. The minimum Gasteiger partial charge on any atom is -0.444 e. The van der Waals surface area contributed by atoms with Crippen molar-refractivity contribution in [2.45, 2.75) is 39.2 Å². The van der Waals surface area contributed by atoms with E-state index in [2.05, 4.69) is 10.1 Å². The second kappa shape index (κ2) is 7.43. The van der Waals surface area contributed by atoms with Crippen LogP contribution in [0, 0.1) is 5.92 Å². The van der Waals surface area contributed by atoms with Crippen LogP contribution in [0.3, 0.4) is 0 Å². The third-order valence-electron chi connectivity index (χ3n) is 3.57. The van der Waals surface area contributed by atoms with Gasteiger partial charge in [0.25, 0.3) is 0 Å². The van der Waals surface area contributed by atoms with Crippen molar-refractivity contribution in [2.75, 3.05) is 18.4 Å². The van der Waals surface area contributed by atoms with Gasteiger partial charge in [0.2, 0.25) is 5.91 Å². The average molecular weight is 374 g/mol. The van der Waals surface area contributed by atoms with Gasteiger partial charge in [-0.1, -0.05) is 0 Å². The van der Waals surface area contributed by atoms with Crippen LogP contribution in [-0.4, -0.2) is 42.0 Å². The van der Waals surface area contributed by atoms with E-state index >= 15 is 0 Å². The Morgan fingerprint density at radius 3 is 2.31 bits per heavy atom. The van der Waals surface area contributed by atoms with Crippen molar-refractivity contribution >= 4 is 17.7 Å². The lowest BCUT2D eigenvalue weighted by atomic mass is 10.1. The molecule has 0 radical (unpaired) electrons. The average Bonchev–Trinajstić information content (AvgIpc) is 2.96. The number of carbonyl (C=O) groups is 2. The molecule has 2 amide bonds. The number of amides is 2. The fraction of sp³-hybridized carbons (Fsp3) is 0.529. The minimum atomic E-state index is -4.76. The fourth-order valence-corrected chi connectivity index (χ4v) is 2.45. The summed E-state index contributed by atoms with van der Waals surface area (Å²) in [5.41, 5.74) is -0.266. The highest BCUT2D eigenvalue weighted by atomic mass is 19.4. The predicted octanol–water partition coefficient (Wildman–Crippen LogP) is 3.78. The van der Waals surface area contributed by atoms with Gasteiger partial charge in [-0.2, -0.15) is 0 Å². The van der Waals surface area contributed by atoms with Crippen molar-refractivity contribution in [3.05, 3.63) is 24.3 Å². The second-order valence-corrected chi connectivity index (χ2v) is 6.97. The maximum Gasteiger partial charge on any atom is 0.573 e. The molecule has 1 N–H and O–H groups in total. The van der Waals surface area contributed by atoms with Gasteiger partial charge in [-0.05, 0) is 51.5 Å². The molecule has 1 saturated heterocycles. The molecule has 0 saturated carbocycles. The first kappa shape index (κ1) is 19.9. The summed E-state index contributed by atoms with van der Waals surface area (Å²) in [6.07, 6.45) is -4.75. The summed E-state index contributed by atoms with van der Waals surface area (Å²) < 4.78 is 45.4. The van der Waals surface area contributed by atoms with E-state index in [1.807, 2.05) is 0 Å². The van der Waals surface area contributed by atoms with Crippen LogP contribution in [0.1, 0.15) is 27.2 Å². The van der Waals surface area contributed by atoms with Crippen LogP contribution in [0.15, 0.2) is 24.3 Å². The standard InChI is InChI=1S/C17H21F3N2O4/c1-16(2,3)26-15(24)22-9-8-11(10-22)14(23)21-12-4-6-13(7-5-12)25-17(18,19)20/h4-7,11H,8-10H2,1-3H3,(H,21,23). The van der Waals surface area contributed by atoms with Gasteiger partial charge in [0.1, 0.15) is 11.4 Å². The SMILES string of the molecule is CC(C)(C)OC(=O)N1CCC(C(=O)Nc2ccc(OC(F)(F)F)cc2)C1. The molecule has 1 aliphatic heterocycles. The molecule has 9 heteroatoms. The van der Waals surface area contributed by atoms with Crippen molar-refractivity contribution in [3.8, 4) is 5.75 Å².